The van der Waals surface area contributed by atoms with E-state index in [-0.39, 0.29) is 5.56 Å². The number of carbonyl (C=O) groups is 2. The molecule has 0 saturated heterocycles. The summed E-state index contributed by atoms with van der Waals surface area (Å²) < 4.78 is 4.58. The Balaban J connectivity index is 2.22. The summed E-state index contributed by atoms with van der Waals surface area (Å²) in [5.74, 6) is -1.12. The molecule has 2 N–H and O–H groups in total. The van der Waals surface area contributed by atoms with Gasteiger partial charge in [-0.15, -0.1) is 0 Å². The van der Waals surface area contributed by atoms with Gasteiger partial charge in [-0.2, -0.15) is 0 Å². The van der Waals surface area contributed by atoms with E-state index in [0.29, 0.717) is 11.3 Å². The van der Waals surface area contributed by atoms with Crippen molar-refractivity contribution >= 4 is 17.6 Å². The van der Waals surface area contributed by atoms with Gasteiger partial charge < -0.3 is 15.0 Å². The van der Waals surface area contributed by atoms with Crippen LogP contribution < -0.4 is 10.9 Å². The molecule has 0 aliphatic rings. The summed E-state index contributed by atoms with van der Waals surface area (Å²) in [6.07, 6.45) is 2.36. The van der Waals surface area contributed by atoms with Gasteiger partial charge in [-0.25, -0.2) is 9.78 Å². The van der Waals surface area contributed by atoms with Crippen LogP contribution in [0.5, 0.6) is 0 Å². The smallest absolute Gasteiger partial charge is 0.337 e. The van der Waals surface area contributed by atoms with Gasteiger partial charge in [-0.1, -0.05) is 6.07 Å². The topological polar surface area (TPSA) is 101 Å². The molecule has 20 heavy (non-hydrogen) atoms. The van der Waals surface area contributed by atoms with Crippen LogP contribution in [0.25, 0.3) is 0 Å². The predicted molar refractivity (Wildman–Crippen MR) is 70.6 cm³/mol. The summed E-state index contributed by atoms with van der Waals surface area (Å²) in [7, 11) is 1.27. The van der Waals surface area contributed by atoms with E-state index in [4.69, 9.17) is 0 Å². The number of hydrogen-bond acceptors (Lipinski definition) is 5. The van der Waals surface area contributed by atoms with E-state index >= 15 is 0 Å². The SMILES string of the molecule is COC(=O)c1cccc(NC(=O)c2cnc[nH]c2=O)c1. The number of nitrogens with zero attached hydrogens (tertiary/aromatic N) is 1. The second-order valence-electron chi connectivity index (χ2n) is 3.82. The van der Waals surface area contributed by atoms with Crippen LogP contribution in [-0.4, -0.2) is 29.0 Å². The number of benzene rings is 1. The Morgan fingerprint density at radius 3 is 2.85 bits per heavy atom. The Kier molecular flexibility index (Phi) is 3.90. The summed E-state index contributed by atoms with van der Waals surface area (Å²) in [5.41, 5.74) is 0.0177. The minimum Gasteiger partial charge on any atom is -0.465 e. The maximum atomic E-state index is 11.9. The molecule has 1 amide bonds. The number of ether oxygens (including phenoxy) is 1. The molecule has 102 valence electrons. The molecule has 0 radical (unpaired) electrons. The number of aromatic amines is 1. The molecule has 1 aromatic carbocycles. The summed E-state index contributed by atoms with van der Waals surface area (Å²) >= 11 is 0. The second kappa shape index (κ2) is 5.79. The van der Waals surface area contributed by atoms with Crippen LogP contribution in [0.2, 0.25) is 0 Å². The molecule has 0 saturated carbocycles. The minimum absolute atomic E-state index is 0.115. The number of H-pyrrole nitrogens is 1. The highest BCUT2D eigenvalue weighted by atomic mass is 16.5. The van der Waals surface area contributed by atoms with E-state index in [0.717, 1.165) is 0 Å². The highest BCUT2D eigenvalue weighted by Gasteiger charge is 2.12. The normalized spacial score (nSPS) is 9.85. The Bertz CT molecular complexity index is 709. The third-order valence-corrected chi connectivity index (χ3v) is 2.50. The number of nitrogens with one attached hydrogen (secondary N) is 2. The average Bonchev–Trinajstić information content (AvgIpc) is 2.47. The molecule has 2 aromatic rings. The lowest BCUT2D eigenvalue weighted by Crippen LogP contribution is -2.23. The van der Waals surface area contributed by atoms with Gasteiger partial charge in [0.1, 0.15) is 5.56 Å². The average molecular weight is 273 g/mol. The summed E-state index contributed by atoms with van der Waals surface area (Å²) in [6.45, 7) is 0. The van der Waals surface area contributed by atoms with Crippen LogP contribution in [-0.2, 0) is 4.74 Å². The number of carbonyl (C=O) groups excluding carboxylic acids is 2. The van der Waals surface area contributed by atoms with Crippen molar-refractivity contribution in [3.63, 3.8) is 0 Å². The molecule has 1 aromatic heterocycles. The number of aromatic nitrogens is 2. The van der Waals surface area contributed by atoms with Crippen molar-refractivity contribution in [3.05, 3.63) is 58.3 Å². The fourth-order valence-electron chi connectivity index (χ4n) is 1.55. The Morgan fingerprint density at radius 2 is 2.15 bits per heavy atom. The minimum atomic E-state index is -0.610. The predicted octanol–water partition coefficient (Wildman–Crippen LogP) is 0.809. The van der Waals surface area contributed by atoms with Crippen LogP contribution in [0.15, 0.2) is 41.6 Å². The molecule has 7 heteroatoms. The van der Waals surface area contributed by atoms with E-state index in [1.165, 1.54) is 25.7 Å². The van der Waals surface area contributed by atoms with Gasteiger partial charge in [0.2, 0.25) is 0 Å². The summed E-state index contributed by atoms with van der Waals surface area (Å²) in [4.78, 5) is 40.7. The van der Waals surface area contributed by atoms with Gasteiger partial charge >= 0.3 is 5.97 Å². The van der Waals surface area contributed by atoms with Crippen LogP contribution in [0.1, 0.15) is 20.7 Å². The zero-order valence-electron chi connectivity index (χ0n) is 10.5. The van der Waals surface area contributed by atoms with Crippen LogP contribution >= 0.6 is 0 Å². The first-order valence-corrected chi connectivity index (χ1v) is 5.64. The summed E-state index contributed by atoms with van der Waals surface area (Å²) in [6, 6.07) is 6.19. The van der Waals surface area contributed by atoms with E-state index in [1.807, 2.05) is 0 Å². The number of esters is 1. The molecular weight excluding hydrogens is 262 g/mol. The lowest BCUT2D eigenvalue weighted by Gasteiger charge is -2.06. The largest absolute Gasteiger partial charge is 0.465 e. The zero-order valence-corrected chi connectivity index (χ0v) is 10.5. The molecule has 2 rings (SSSR count). The van der Waals surface area contributed by atoms with Gasteiger partial charge in [-0.05, 0) is 18.2 Å². The van der Waals surface area contributed by atoms with Crippen LogP contribution in [0, 0.1) is 0 Å². The Hall–Kier alpha value is -2.96. The highest BCUT2D eigenvalue weighted by molar-refractivity contribution is 6.04. The number of rotatable bonds is 3. The molecule has 7 nitrogen and oxygen atoms in total. The standard InChI is InChI=1S/C13H11N3O4/c1-20-13(19)8-3-2-4-9(5-8)16-12(18)10-6-14-7-15-11(10)17/h2-7H,1H3,(H,16,18)(H,14,15,17). The van der Waals surface area contributed by atoms with E-state index in [1.54, 1.807) is 18.2 Å². The number of amides is 1. The van der Waals surface area contributed by atoms with Crippen molar-refractivity contribution in [2.75, 3.05) is 12.4 Å². The maximum absolute atomic E-state index is 11.9. The summed E-state index contributed by atoms with van der Waals surface area (Å²) in [5, 5.41) is 2.51. The molecule has 0 aliphatic heterocycles. The fourth-order valence-corrected chi connectivity index (χ4v) is 1.55. The number of methoxy groups -OCH3 is 1. The number of anilines is 1. The van der Waals surface area contributed by atoms with Crippen molar-refractivity contribution in [2.24, 2.45) is 0 Å². The zero-order chi connectivity index (χ0) is 14.5. The molecule has 0 atom stereocenters. The highest BCUT2D eigenvalue weighted by Crippen LogP contribution is 2.12. The van der Waals surface area contributed by atoms with E-state index < -0.39 is 17.4 Å². The van der Waals surface area contributed by atoms with Gasteiger partial charge in [0.15, 0.2) is 0 Å². The van der Waals surface area contributed by atoms with Crippen molar-refractivity contribution in [2.45, 2.75) is 0 Å². The molecule has 0 spiro atoms. The van der Waals surface area contributed by atoms with Crippen molar-refractivity contribution < 1.29 is 14.3 Å². The van der Waals surface area contributed by atoms with Crippen LogP contribution in [0.3, 0.4) is 0 Å². The Labute approximate surface area is 113 Å². The first kappa shape index (κ1) is 13.5. The molecular formula is C13H11N3O4. The first-order chi connectivity index (χ1) is 9.61. The lowest BCUT2D eigenvalue weighted by atomic mass is 10.2. The quantitative estimate of drug-likeness (QED) is 0.806. The molecule has 0 bridgehead atoms. The maximum Gasteiger partial charge on any atom is 0.337 e. The monoisotopic (exact) mass is 273 g/mol. The fraction of sp³-hybridized carbons (Fsp3) is 0.0769. The molecule has 0 unspecified atom stereocenters. The Morgan fingerprint density at radius 1 is 1.35 bits per heavy atom. The van der Waals surface area contributed by atoms with E-state index in [9.17, 15) is 14.4 Å². The first-order valence-electron chi connectivity index (χ1n) is 5.64. The lowest BCUT2D eigenvalue weighted by molar-refractivity contribution is 0.0600. The van der Waals surface area contributed by atoms with Gasteiger partial charge in [-0.3, -0.25) is 9.59 Å². The third-order valence-electron chi connectivity index (χ3n) is 2.50. The van der Waals surface area contributed by atoms with Crippen molar-refractivity contribution in [1.29, 1.82) is 0 Å². The number of hydrogen-bond donors (Lipinski definition) is 2. The third kappa shape index (κ3) is 2.89. The van der Waals surface area contributed by atoms with Crippen molar-refractivity contribution in [3.8, 4) is 0 Å². The molecule has 1 heterocycles. The molecule has 0 aliphatic carbocycles. The second-order valence-corrected chi connectivity index (χ2v) is 3.82. The van der Waals surface area contributed by atoms with Gasteiger partial charge in [0.25, 0.3) is 11.5 Å². The van der Waals surface area contributed by atoms with Gasteiger partial charge in [0, 0.05) is 11.9 Å². The van der Waals surface area contributed by atoms with Crippen molar-refractivity contribution in [1.82, 2.24) is 9.97 Å². The molecule has 0 fully saturated rings. The van der Waals surface area contributed by atoms with E-state index in [2.05, 4.69) is 20.0 Å². The van der Waals surface area contributed by atoms with Gasteiger partial charge in [0.05, 0.1) is 19.0 Å². The van der Waals surface area contributed by atoms with Crippen LogP contribution in [0.4, 0.5) is 5.69 Å².